The molecule has 2 atom stereocenters. The van der Waals surface area contributed by atoms with Gasteiger partial charge in [0.05, 0.1) is 19.6 Å². The Balaban J connectivity index is 3.25. The molecule has 0 bridgehead atoms. The molecule has 0 aliphatic heterocycles. The fourth-order valence-electron chi connectivity index (χ4n) is 2.61. The van der Waals surface area contributed by atoms with Gasteiger partial charge in [0, 0.05) is 5.56 Å². The van der Waals surface area contributed by atoms with E-state index in [1.54, 1.807) is 33.1 Å². The van der Waals surface area contributed by atoms with E-state index in [2.05, 4.69) is 0 Å². The van der Waals surface area contributed by atoms with Crippen molar-refractivity contribution < 1.29 is 19.4 Å². The molecule has 2 unspecified atom stereocenters. The maximum Gasteiger partial charge on any atom is 0.312 e. The van der Waals surface area contributed by atoms with Gasteiger partial charge in [0.1, 0.15) is 11.4 Å². The summed E-state index contributed by atoms with van der Waals surface area (Å²) in [6.07, 6.45) is 0. The van der Waals surface area contributed by atoms with Gasteiger partial charge in [0.2, 0.25) is 0 Å². The van der Waals surface area contributed by atoms with Gasteiger partial charge in [-0.3, -0.25) is 4.79 Å². The lowest BCUT2D eigenvalue weighted by Gasteiger charge is -2.35. The molecule has 1 aromatic rings. The first-order chi connectivity index (χ1) is 9.36. The maximum absolute atomic E-state index is 12.2. The summed E-state index contributed by atoms with van der Waals surface area (Å²) < 4.78 is 10.4. The third-order valence-electron chi connectivity index (χ3n) is 3.47. The highest BCUT2D eigenvalue weighted by Gasteiger charge is 2.43. The first kappa shape index (κ1) is 16.5. The minimum Gasteiger partial charge on any atom is -0.496 e. The summed E-state index contributed by atoms with van der Waals surface area (Å²) >= 11 is 0. The predicted octanol–water partition coefficient (Wildman–Crippen LogP) is 2.74. The summed E-state index contributed by atoms with van der Waals surface area (Å²) in [5.74, 6) is -0.543. The fraction of sp³-hybridized carbons (Fsp3) is 0.562. The second-order valence-corrected chi connectivity index (χ2v) is 5.32. The van der Waals surface area contributed by atoms with Crippen LogP contribution in [-0.2, 0) is 15.1 Å². The molecule has 0 amide bonds. The zero-order chi connectivity index (χ0) is 15.3. The van der Waals surface area contributed by atoms with Gasteiger partial charge in [0.25, 0.3) is 0 Å². The number of esters is 1. The molecule has 0 heterocycles. The topological polar surface area (TPSA) is 55.8 Å². The van der Waals surface area contributed by atoms with Crippen LogP contribution >= 0.6 is 0 Å². The number of benzene rings is 1. The maximum atomic E-state index is 12.2. The average Bonchev–Trinajstić information content (AvgIpc) is 2.38. The van der Waals surface area contributed by atoms with E-state index in [0.29, 0.717) is 17.9 Å². The Hall–Kier alpha value is -1.55. The van der Waals surface area contributed by atoms with Crippen LogP contribution in [0.15, 0.2) is 24.3 Å². The smallest absolute Gasteiger partial charge is 0.312 e. The Morgan fingerprint density at radius 2 is 1.95 bits per heavy atom. The highest BCUT2D eigenvalue weighted by atomic mass is 16.5. The Morgan fingerprint density at radius 3 is 2.45 bits per heavy atom. The van der Waals surface area contributed by atoms with Crippen LogP contribution in [0.1, 0.15) is 33.3 Å². The molecule has 1 rings (SSSR count). The standard InChI is InChI=1S/C16H24O4/c1-6-20-15(17)14(11(2)3)16(4,18)12-9-7-8-10-13(12)19-5/h7-11,14,18H,6H2,1-5H3. The van der Waals surface area contributed by atoms with Crippen molar-refractivity contribution in [2.75, 3.05) is 13.7 Å². The first-order valence-corrected chi connectivity index (χ1v) is 6.88. The lowest BCUT2D eigenvalue weighted by Crippen LogP contribution is -2.41. The molecule has 1 N–H and O–H groups in total. The van der Waals surface area contributed by atoms with Crippen molar-refractivity contribution in [3.63, 3.8) is 0 Å². The molecule has 0 saturated heterocycles. The summed E-state index contributed by atoms with van der Waals surface area (Å²) in [7, 11) is 1.55. The van der Waals surface area contributed by atoms with Gasteiger partial charge >= 0.3 is 5.97 Å². The molecular weight excluding hydrogens is 256 g/mol. The number of hydrogen-bond donors (Lipinski definition) is 1. The second-order valence-electron chi connectivity index (χ2n) is 5.32. The van der Waals surface area contributed by atoms with Gasteiger partial charge in [-0.15, -0.1) is 0 Å². The number of hydrogen-bond acceptors (Lipinski definition) is 4. The van der Waals surface area contributed by atoms with Crippen molar-refractivity contribution in [1.82, 2.24) is 0 Å². The van der Waals surface area contributed by atoms with E-state index in [-0.39, 0.29) is 5.92 Å². The highest BCUT2D eigenvalue weighted by molar-refractivity contribution is 5.74. The average molecular weight is 280 g/mol. The molecule has 0 radical (unpaired) electrons. The summed E-state index contributed by atoms with van der Waals surface area (Å²) in [5, 5.41) is 10.9. The third-order valence-corrected chi connectivity index (χ3v) is 3.47. The summed E-state index contributed by atoms with van der Waals surface area (Å²) in [4.78, 5) is 12.2. The Morgan fingerprint density at radius 1 is 1.35 bits per heavy atom. The SMILES string of the molecule is CCOC(=O)C(C(C)C)C(C)(O)c1ccccc1OC. The lowest BCUT2D eigenvalue weighted by molar-refractivity contribution is -0.161. The predicted molar refractivity (Wildman–Crippen MR) is 77.5 cm³/mol. The van der Waals surface area contributed by atoms with Crippen molar-refractivity contribution in [2.24, 2.45) is 11.8 Å². The number of carbonyl (C=O) groups excluding carboxylic acids is 1. The number of aliphatic hydroxyl groups is 1. The highest BCUT2D eigenvalue weighted by Crippen LogP contribution is 2.39. The van der Waals surface area contributed by atoms with E-state index in [1.165, 1.54) is 0 Å². The summed E-state index contributed by atoms with van der Waals surface area (Å²) in [5.41, 5.74) is -0.762. The zero-order valence-electron chi connectivity index (χ0n) is 12.8. The van der Waals surface area contributed by atoms with Crippen LogP contribution in [0.5, 0.6) is 5.75 Å². The molecule has 1 aromatic carbocycles. The Kier molecular flexibility index (Phi) is 5.57. The number of rotatable bonds is 6. The normalized spacial score (nSPS) is 15.6. The second kappa shape index (κ2) is 6.75. The van der Waals surface area contributed by atoms with Crippen LogP contribution in [0.3, 0.4) is 0 Å². The van der Waals surface area contributed by atoms with Gasteiger partial charge in [-0.2, -0.15) is 0 Å². The molecule has 0 aliphatic rings. The molecule has 4 nitrogen and oxygen atoms in total. The van der Waals surface area contributed by atoms with E-state index in [9.17, 15) is 9.90 Å². The fourth-order valence-corrected chi connectivity index (χ4v) is 2.61. The monoisotopic (exact) mass is 280 g/mol. The third kappa shape index (κ3) is 3.31. The van der Waals surface area contributed by atoms with E-state index < -0.39 is 17.5 Å². The lowest BCUT2D eigenvalue weighted by atomic mass is 9.76. The van der Waals surface area contributed by atoms with Crippen LogP contribution in [0.2, 0.25) is 0 Å². The van der Waals surface area contributed by atoms with Crippen LogP contribution < -0.4 is 4.74 Å². The molecule has 4 heteroatoms. The molecule has 112 valence electrons. The van der Waals surface area contributed by atoms with Crippen molar-refractivity contribution in [1.29, 1.82) is 0 Å². The first-order valence-electron chi connectivity index (χ1n) is 6.88. The Labute approximate surface area is 120 Å². The van der Waals surface area contributed by atoms with E-state index >= 15 is 0 Å². The molecule has 0 aromatic heterocycles. The van der Waals surface area contributed by atoms with Crippen LogP contribution in [-0.4, -0.2) is 24.8 Å². The molecule has 0 aliphatic carbocycles. The van der Waals surface area contributed by atoms with Crippen molar-refractivity contribution in [2.45, 2.75) is 33.3 Å². The molecule has 20 heavy (non-hydrogen) atoms. The van der Waals surface area contributed by atoms with Crippen LogP contribution in [0.25, 0.3) is 0 Å². The number of para-hydroxylation sites is 1. The number of carbonyl (C=O) groups is 1. The van der Waals surface area contributed by atoms with Gasteiger partial charge in [-0.25, -0.2) is 0 Å². The summed E-state index contributed by atoms with van der Waals surface area (Å²) in [6.45, 7) is 7.47. The van der Waals surface area contributed by atoms with Crippen molar-refractivity contribution in [3.05, 3.63) is 29.8 Å². The Bertz CT molecular complexity index is 452. The number of ether oxygens (including phenoxy) is 2. The van der Waals surface area contributed by atoms with Gasteiger partial charge < -0.3 is 14.6 Å². The van der Waals surface area contributed by atoms with Crippen molar-refractivity contribution in [3.8, 4) is 5.75 Å². The van der Waals surface area contributed by atoms with Gasteiger partial charge in [0.15, 0.2) is 0 Å². The molecule has 0 saturated carbocycles. The van der Waals surface area contributed by atoms with Crippen molar-refractivity contribution >= 4 is 5.97 Å². The molecule has 0 spiro atoms. The largest absolute Gasteiger partial charge is 0.496 e. The van der Waals surface area contributed by atoms with Crippen LogP contribution in [0, 0.1) is 11.8 Å². The zero-order valence-corrected chi connectivity index (χ0v) is 12.8. The molecular formula is C16H24O4. The quantitative estimate of drug-likeness (QED) is 0.814. The van der Waals surface area contributed by atoms with E-state index in [0.717, 1.165) is 0 Å². The van der Waals surface area contributed by atoms with E-state index in [1.807, 2.05) is 26.0 Å². The van der Waals surface area contributed by atoms with Gasteiger partial charge in [-0.1, -0.05) is 32.0 Å². The minimum absolute atomic E-state index is 0.0611. The molecule has 0 fully saturated rings. The summed E-state index contributed by atoms with van der Waals surface area (Å²) in [6, 6.07) is 7.18. The van der Waals surface area contributed by atoms with Gasteiger partial charge in [-0.05, 0) is 25.8 Å². The number of methoxy groups -OCH3 is 1. The minimum atomic E-state index is -1.35. The van der Waals surface area contributed by atoms with E-state index in [4.69, 9.17) is 9.47 Å². The van der Waals surface area contributed by atoms with Crippen LogP contribution in [0.4, 0.5) is 0 Å².